The molecule has 0 aliphatic rings. The van der Waals surface area contributed by atoms with Crippen LogP contribution in [-0.2, 0) is 17.8 Å². The highest BCUT2D eigenvalue weighted by Crippen LogP contribution is 2.06. The van der Waals surface area contributed by atoms with Crippen LogP contribution in [0.4, 0.5) is 0 Å². The number of hydrogen-bond acceptors (Lipinski definition) is 2. The highest BCUT2D eigenvalue weighted by Gasteiger charge is 2.04. The number of carboxylic acid groups (broad SMARTS) is 1. The zero-order valence-electron chi connectivity index (χ0n) is 10.9. The van der Waals surface area contributed by atoms with Crippen molar-refractivity contribution >= 4 is 11.9 Å². The third kappa shape index (κ3) is 3.95. The quantitative estimate of drug-likeness (QED) is 0.874. The maximum atomic E-state index is 11.8. The summed E-state index contributed by atoms with van der Waals surface area (Å²) in [6.45, 7) is 0.418. The zero-order valence-corrected chi connectivity index (χ0v) is 10.9. The molecule has 4 heteroatoms. The van der Waals surface area contributed by atoms with Crippen LogP contribution in [0.25, 0.3) is 0 Å². The molecule has 102 valence electrons. The Balaban J connectivity index is 1.91. The summed E-state index contributed by atoms with van der Waals surface area (Å²) in [6, 6.07) is 16.2. The van der Waals surface area contributed by atoms with Crippen LogP contribution in [0.2, 0.25) is 0 Å². The predicted molar refractivity (Wildman–Crippen MR) is 75.4 cm³/mol. The number of aliphatic carboxylic acids is 1. The summed E-state index contributed by atoms with van der Waals surface area (Å²) in [5.74, 6) is -0.977. The Bertz CT molecular complexity index is 591. The van der Waals surface area contributed by atoms with Crippen molar-refractivity contribution in [3.63, 3.8) is 0 Å². The molecule has 0 radical (unpaired) electrons. The van der Waals surface area contributed by atoms with Crippen molar-refractivity contribution in [3.05, 3.63) is 71.3 Å². The second-order valence-electron chi connectivity index (χ2n) is 4.44. The summed E-state index contributed by atoms with van der Waals surface area (Å²) in [7, 11) is 0. The average molecular weight is 269 g/mol. The van der Waals surface area contributed by atoms with Crippen molar-refractivity contribution < 1.29 is 14.7 Å². The molecule has 2 N–H and O–H groups in total. The van der Waals surface area contributed by atoms with E-state index in [9.17, 15) is 9.59 Å². The van der Waals surface area contributed by atoms with Gasteiger partial charge in [-0.05, 0) is 23.3 Å². The van der Waals surface area contributed by atoms with Crippen molar-refractivity contribution in [1.82, 2.24) is 5.32 Å². The van der Waals surface area contributed by atoms with Crippen molar-refractivity contribution in [3.8, 4) is 0 Å². The molecule has 0 aliphatic carbocycles. The first-order valence-corrected chi connectivity index (χ1v) is 6.28. The monoisotopic (exact) mass is 269 g/mol. The van der Waals surface area contributed by atoms with E-state index in [-0.39, 0.29) is 12.3 Å². The third-order valence-corrected chi connectivity index (χ3v) is 2.87. The number of carboxylic acids is 1. The fourth-order valence-corrected chi connectivity index (χ4v) is 1.82. The molecule has 0 fully saturated rings. The second-order valence-corrected chi connectivity index (χ2v) is 4.44. The number of benzene rings is 2. The minimum absolute atomic E-state index is 0.0106. The molecule has 0 heterocycles. The molecular formula is C16H15NO3. The molecule has 0 bridgehead atoms. The van der Waals surface area contributed by atoms with Crippen LogP contribution in [0.3, 0.4) is 0 Å². The molecule has 0 atom stereocenters. The van der Waals surface area contributed by atoms with Gasteiger partial charge in [0.05, 0.1) is 6.42 Å². The average Bonchev–Trinajstić information content (AvgIpc) is 2.46. The molecular weight excluding hydrogens is 254 g/mol. The Kier molecular flexibility index (Phi) is 4.50. The van der Waals surface area contributed by atoms with Gasteiger partial charge >= 0.3 is 5.97 Å². The molecule has 2 aromatic carbocycles. The van der Waals surface area contributed by atoms with E-state index in [0.29, 0.717) is 12.1 Å². The maximum Gasteiger partial charge on any atom is 0.307 e. The van der Waals surface area contributed by atoms with E-state index in [0.717, 1.165) is 11.1 Å². The van der Waals surface area contributed by atoms with Gasteiger partial charge in [0.15, 0.2) is 0 Å². The summed E-state index contributed by atoms with van der Waals surface area (Å²) >= 11 is 0. The van der Waals surface area contributed by atoms with Gasteiger partial charge < -0.3 is 10.4 Å². The minimum Gasteiger partial charge on any atom is -0.481 e. The lowest BCUT2D eigenvalue weighted by Gasteiger charge is -2.06. The molecule has 20 heavy (non-hydrogen) atoms. The standard InChI is InChI=1S/C16H15NO3/c18-15(19)10-12-6-8-13(9-7-12)11-17-16(20)14-4-2-1-3-5-14/h1-9H,10-11H2,(H,17,20)(H,18,19). The van der Waals surface area contributed by atoms with E-state index in [1.807, 2.05) is 30.3 Å². The van der Waals surface area contributed by atoms with Gasteiger partial charge in [0, 0.05) is 12.1 Å². The maximum absolute atomic E-state index is 11.8. The first kappa shape index (κ1) is 13.8. The molecule has 0 aliphatic heterocycles. The number of rotatable bonds is 5. The summed E-state index contributed by atoms with van der Waals surface area (Å²) in [4.78, 5) is 22.4. The van der Waals surface area contributed by atoms with Gasteiger partial charge in [-0.2, -0.15) is 0 Å². The largest absolute Gasteiger partial charge is 0.481 e. The highest BCUT2D eigenvalue weighted by molar-refractivity contribution is 5.94. The van der Waals surface area contributed by atoms with Crippen LogP contribution >= 0.6 is 0 Å². The molecule has 4 nitrogen and oxygen atoms in total. The van der Waals surface area contributed by atoms with Gasteiger partial charge in [0.2, 0.25) is 0 Å². The van der Waals surface area contributed by atoms with Crippen LogP contribution in [0, 0.1) is 0 Å². The molecule has 0 unspecified atom stereocenters. The van der Waals surface area contributed by atoms with E-state index in [2.05, 4.69) is 5.32 Å². The Morgan fingerprint density at radius 3 is 2.10 bits per heavy atom. The zero-order chi connectivity index (χ0) is 14.4. The normalized spacial score (nSPS) is 10.0. The Morgan fingerprint density at radius 1 is 0.900 bits per heavy atom. The number of nitrogens with one attached hydrogen (secondary N) is 1. The number of hydrogen-bond donors (Lipinski definition) is 2. The van der Waals surface area contributed by atoms with Gasteiger partial charge in [-0.3, -0.25) is 9.59 Å². The highest BCUT2D eigenvalue weighted by atomic mass is 16.4. The van der Waals surface area contributed by atoms with Crippen LogP contribution in [0.15, 0.2) is 54.6 Å². The van der Waals surface area contributed by atoms with Gasteiger partial charge in [0.1, 0.15) is 0 Å². The van der Waals surface area contributed by atoms with E-state index in [1.165, 1.54) is 0 Å². The van der Waals surface area contributed by atoms with Crippen molar-refractivity contribution in [2.24, 2.45) is 0 Å². The summed E-state index contributed by atoms with van der Waals surface area (Å²) in [5.41, 5.74) is 2.30. The fourth-order valence-electron chi connectivity index (χ4n) is 1.82. The second kappa shape index (κ2) is 6.52. The number of amides is 1. The molecule has 0 spiro atoms. The Hall–Kier alpha value is -2.62. The number of carbonyl (C=O) groups is 2. The van der Waals surface area contributed by atoms with E-state index in [4.69, 9.17) is 5.11 Å². The Labute approximate surface area is 117 Å². The van der Waals surface area contributed by atoms with E-state index < -0.39 is 5.97 Å². The summed E-state index contributed by atoms with van der Waals surface area (Å²) < 4.78 is 0. The van der Waals surface area contributed by atoms with Crippen molar-refractivity contribution in [1.29, 1.82) is 0 Å². The molecule has 2 aromatic rings. The minimum atomic E-state index is -0.852. The van der Waals surface area contributed by atoms with E-state index >= 15 is 0 Å². The molecule has 0 aromatic heterocycles. The van der Waals surface area contributed by atoms with Gasteiger partial charge in [-0.1, -0.05) is 42.5 Å². The van der Waals surface area contributed by atoms with Crippen molar-refractivity contribution in [2.75, 3.05) is 0 Å². The summed E-state index contributed by atoms with van der Waals surface area (Å²) in [6.07, 6.45) is 0.0106. The van der Waals surface area contributed by atoms with Crippen LogP contribution in [-0.4, -0.2) is 17.0 Å². The molecule has 0 saturated heterocycles. The van der Waals surface area contributed by atoms with Gasteiger partial charge in [-0.25, -0.2) is 0 Å². The molecule has 0 saturated carbocycles. The van der Waals surface area contributed by atoms with Crippen LogP contribution < -0.4 is 5.32 Å². The Morgan fingerprint density at radius 2 is 1.50 bits per heavy atom. The molecule has 1 amide bonds. The first-order valence-electron chi connectivity index (χ1n) is 6.28. The fraction of sp³-hybridized carbons (Fsp3) is 0.125. The first-order chi connectivity index (χ1) is 9.65. The lowest BCUT2D eigenvalue weighted by Crippen LogP contribution is -2.22. The van der Waals surface area contributed by atoms with Gasteiger partial charge in [-0.15, -0.1) is 0 Å². The predicted octanol–water partition coefficient (Wildman–Crippen LogP) is 2.24. The number of carbonyl (C=O) groups excluding carboxylic acids is 1. The van der Waals surface area contributed by atoms with Gasteiger partial charge in [0.25, 0.3) is 5.91 Å². The topological polar surface area (TPSA) is 66.4 Å². The van der Waals surface area contributed by atoms with Crippen molar-refractivity contribution in [2.45, 2.75) is 13.0 Å². The third-order valence-electron chi connectivity index (χ3n) is 2.87. The van der Waals surface area contributed by atoms with E-state index in [1.54, 1.807) is 24.3 Å². The lowest BCUT2D eigenvalue weighted by molar-refractivity contribution is -0.136. The summed E-state index contributed by atoms with van der Waals surface area (Å²) in [5, 5.41) is 11.5. The lowest BCUT2D eigenvalue weighted by atomic mass is 10.1. The molecule has 2 rings (SSSR count). The van der Waals surface area contributed by atoms with Crippen LogP contribution in [0.5, 0.6) is 0 Å². The SMILES string of the molecule is O=C(O)Cc1ccc(CNC(=O)c2ccccc2)cc1. The smallest absolute Gasteiger partial charge is 0.307 e. The van der Waals surface area contributed by atoms with Crippen LogP contribution in [0.1, 0.15) is 21.5 Å².